The maximum Gasteiger partial charge on any atom is 0.286 e. The highest BCUT2D eigenvalue weighted by Gasteiger charge is 2.28. The van der Waals surface area contributed by atoms with Gasteiger partial charge in [0.25, 0.3) is 5.91 Å². The molecule has 2 aliphatic rings. The predicted molar refractivity (Wildman–Crippen MR) is 99.4 cm³/mol. The van der Waals surface area contributed by atoms with E-state index in [2.05, 4.69) is 9.89 Å². The van der Waals surface area contributed by atoms with E-state index in [4.69, 9.17) is 4.74 Å². The van der Waals surface area contributed by atoms with Gasteiger partial charge in [0.05, 0.1) is 11.5 Å². The van der Waals surface area contributed by atoms with Crippen LogP contribution >= 0.6 is 11.8 Å². The first-order valence-corrected chi connectivity index (χ1v) is 9.14. The highest BCUT2D eigenvalue weighted by molar-refractivity contribution is 8.18. The van der Waals surface area contributed by atoms with Crippen molar-refractivity contribution in [1.29, 1.82) is 0 Å². The molecule has 0 bridgehead atoms. The summed E-state index contributed by atoms with van der Waals surface area (Å²) in [6.07, 6.45) is 1.85. The van der Waals surface area contributed by atoms with Gasteiger partial charge < -0.3 is 14.5 Å². The average molecular weight is 359 g/mol. The van der Waals surface area contributed by atoms with E-state index in [0.29, 0.717) is 37.7 Å². The first-order chi connectivity index (χ1) is 12.1. The number of carbonyl (C=O) groups is 2. The van der Waals surface area contributed by atoms with Gasteiger partial charge in [0.2, 0.25) is 5.91 Å². The van der Waals surface area contributed by atoms with E-state index in [1.165, 1.54) is 11.8 Å². The van der Waals surface area contributed by atoms with Crippen molar-refractivity contribution < 1.29 is 14.3 Å². The van der Waals surface area contributed by atoms with Crippen LogP contribution in [0.4, 0.5) is 0 Å². The maximum absolute atomic E-state index is 12.2. The number of hydrogen-bond acceptors (Lipinski definition) is 5. The van der Waals surface area contributed by atoms with Gasteiger partial charge in [0.1, 0.15) is 5.75 Å². The van der Waals surface area contributed by atoms with Gasteiger partial charge in [-0.25, -0.2) is 0 Å². The van der Waals surface area contributed by atoms with Crippen molar-refractivity contribution in [2.24, 2.45) is 4.99 Å². The molecule has 1 saturated heterocycles. The lowest BCUT2D eigenvalue weighted by Crippen LogP contribution is -2.49. The van der Waals surface area contributed by atoms with Crippen LogP contribution in [0.3, 0.4) is 0 Å². The van der Waals surface area contributed by atoms with E-state index in [1.807, 2.05) is 42.2 Å². The SMILES string of the molecule is CCOc1ccc(/C=C2/SC(N3CCN(C(C)=O)CC3)=NC2=O)cc1. The number of aliphatic imine (C=N–C) groups is 1. The summed E-state index contributed by atoms with van der Waals surface area (Å²) >= 11 is 1.40. The number of nitrogens with zero attached hydrogens (tertiary/aromatic N) is 3. The number of ether oxygens (including phenoxy) is 1. The van der Waals surface area contributed by atoms with Gasteiger partial charge in [-0.2, -0.15) is 4.99 Å². The van der Waals surface area contributed by atoms with Crippen LogP contribution in [0.1, 0.15) is 19.4 Å². The number of piperazine rings is 1. The van der Waals surface area contributed by atoms with Crippen LogP contribution in [0.25, 0.3) is 6.08 Å². The molecule has 1 aromatic carbocycles. The molecular formula is C18H21N3O3S. The molecule has 0 saturated carbocycles. The topological polar surface area (TPSA) is 62.2 Å². The molecule has 6 nitrogen and oxygen atoms in total. The van der Waals surface area contributed by atoms with E-state index < -0.39 is 0 Å². The van der Waals surface area contributed by atoms with Crippen LogP contribution in [0.15, 0.2) is 34.2 Å². The largest absolute Gasteiger partial charge is 0.494 e. The number of rotatable bonds is 3. The highest BCUT2D eigenvalue weighted by Crippen LogP contribution is 2.31. The van der Waals surface area contributed by atoms with Gasteiger partial charge in [0.15, 0.2) is 5.17 Å². The molecule has 0 N–H and O–H groups in total. The van der Waals surface area contributed by atoms with Gasteiger partial charge in [-0.05, 0) is 42.5 Å². The Morgan fingerprint density at radius 3 is 2.52 bits per heavy atom. The van der Waals surface area contributed by atoms with Crippen LogP contribution in [-0.4, -0.2) is 59.6 Å². The number of amides is 2. The van der Waals surface area contributed by atoms with Gasteiger partial charge in [-0.15, -0.1) is 0 Å². The number of benzene rings is 1. The summed E-state index contributed by atoms with van der Waals surface area (Å²) in [7, 11) is 0. The van der Waals surface area contributed by atoms with E-state index in [9.17, 15) is 9.59 Å². The Morgan fingerprint density at radius 1 is 1.24 bits per heavy atom. The van der Waals surface area contributed by atoms with E-state index in [0.717, 1.165) is 16.5 Å². The summed E-state index contributed by atoms with van der Waals surface area (Å²) in [5.41, 5.74) is 0.942. The summed E-state index contributed by atoms with van der Waals surface area (Å²) in [4.78, 5) is 32.3. The fourth-order valence-electron chi connectivity index (χ4n) is 2.72. The number of carbonyl (C=O) groups excluding carboxylic acids is 2. The van der Waals surface area contributed by atoms with Crippen LogP contribution in [0.2, 0.25) is 0 Å². The van der Waals surface area contributed by atoms with E-state index >= 15 is 0 Å². The van der Waals surface area contributed by atoms with E-state index in [1.54, 1.807) is 6.92 Å². The minimum Gasteiger partial charge on any atom is -0.494 e. The third kappa shape index (κ3) is 4.22. The minimum absolute atomic E-state index is 0.0906. The Hall–Kier alpha value is -2.28. The van der Waals surface area contributed by atoms with Crippen LogP contribution in [0, 0.1) is 0 Å². The molecule has 1 fully saturated rings. The summed E-state index contributed by atoms with van der Waals surface area (Å²) < 4.78 is 5.42. The summed E-state index contributed by atoms with van der Waals surface area (Å²) in [6, 6.07) is 7.64. The molecule has 2 heterocycles. The number of thioether (sulfide) groups is 1. The molecule has 7 heteroatoms. The number of amidine groups is 1. The molecule has 0 aromatic heterocycles. The van der Waals surface area contributed by atoms with Crippen LogP contribution in [0.5, 0.6) is 5.75 Å². The van der Waals surface area contributed by atoms with Gasteiger partial charge >= 0.3 is 0 Å². The monoisotopic (exact) mass is 359 g/mol. The molecule has 2 amide bonds. The lowest BCUT2D eigenvalue weighted by atomic mass is 10.2. The van der Waals surface area contributed by atoms with Gasteiger partial charge in [-0.1, -0.05) is 12.1 Å². The quantitative estimate of drug-likeness (QED) is 0.775. The summed E-state index contributed by atoms with van der Waals surface area (Å²) in [6.45, 7) is 6.90. The zero-order chi connectivity index (χ0) is 17.8. The van der Waals surface area contributed by atoms with Crippen LogP contribution in [-0.2, 0) is 9.59 Å². The Bertz CT molecular complexity index is 720. The molecule has 0 spiro atoms. The van der Waals surface area contributed by atoms with Crippen molar-refractivity contribution in [3.8, 4) is 5.75 Å². The van der Waals surface area contributed by atoms with Gasteiger partial charge in [-0.3, -0.25) is 9.59 Å². The second-order valence-electron chi connectivity index (χ2n) is 5.81. The fraction of sp³-hybridized carbons (Fsp3) is 0.389. The summed E-state index contributed by atoms with van der Waals surface area (Å²) in [5, 5.41) is 0.727. The lowest BCUT2D eigenvalue weighted by molar-refractivity contribution is -0.130. The van der Waals surface area contributed by atoms with Gasteiger partial charge in [0, 0.05) is 33.1 Å². The van der Waals surface area contributed by atoms with Crippen molar-refractivity contribution in [3.05, 3.63) is 34.7 Å². The molecule has 0 unspecified atom stereocenters. The average Bonchev–Trinajstić information content (AvgIpc) is 2.98. The molecular weight excluding hydrogens is 338 g/mol. The van der Waals surface area contributed by atoms with Crippen LogP contribution < -0.4 is 4.74 Å². The standard InChI is InChI=1S/C18H21N3O3S/c1-3-24-15-6-4-14(5-7-15)12-16-17(23)19-18(25-16)21-10-8-20(9-11-21)13(2)22/h4-7,12H,3,8-11H2,1-2H3/b16-12+. The first-order valence-electron chi connectivity index (χ1n) is 8.32. The van der Waals surface area contributed by atoms with Crippen molar-refractivity contribution in [3.63, 3.8) is 0 Å². The Kier molecular flexibility index (Phi) is 5.43. The Morgan fingerprint density at radius 2 is 1.92 bits per heavy atom. The van der Waals surface area contributed by atoms with Crippen molar-refractivity contribution in [2.75, 3.05) is 32.8 Å². The van der Waals surface area contributed by atoms with E-state index in [-0.39, 0.29) is 11.8 Å². The normalized spacial score (nSPS) is 19.4. The first kappa shape index (κ1) is 17.5. The zero-order valence-electron chi connectivity index (χ0n) is 14.4. The zero-order valence-corrected chi connectivity index (χ0v) is 15.2. The number of hydrogen-bond donors (Lipinski definition) is 0. The third-order valence-corrected chi connectivity index (χ3v) is 5.14. The second-order valence-corrected chi connectivity index (χ2v) is 6.81. The molecule has 1 aromatic rings. The molecule has 0 atom stereocenters. The van der Waals surface area contributed by atoms with Crippen molar-refractivity contribution >= 4 is 34.8 Å². The molecule has 0 radical (unpaired) electrons. The third-order valence-electron chi connectivity index (χ3n) is 4.09. The lowest BCUT2D eigenvalue weighted by Gasteiger charge is -2.34. The highest BCUT2D eigenvalue weighted by atomic mass is 32.2. The molecule has 132 valence electrons. The van der Waals surface area contributed by atoms with Crippen molar-refractivity contribution in [2.45, 2.75) is 13.8 Å². The molecule has 0 aliphatic carbocycles. The molecule has 25 heavy (non-hydrogen) atoms. The summed E-state index contributed by atoms with van der Waals surface area (Å²) in [5.74, 6) is 0.700. The Balaban J connectivity index is 1.63. The minimum atomic E-state index is -0.206. The fourth-order valence-corrected chi connectivity index (χ4v) is 3.69. The smallest absolute Gasteiger partial charge is 0.286 e. The molecule has 2 aliphatic heterocycles. The van der Waals surface area contributed by atoms with Crippen molar-refractivity contribution in [1.82, 2.24) is 9.80 Å². The Labute approximate surface area is 151 Å². The second kappa shape index (κ2) is 7.74. The predicted octanol–water partition coefficient (Wildman–Crippen LogP) is 2.22. The molecule has 3 rings (SSSR count). The maximum atomic E-state index is 12.2.